The number of piperidine rings is 1. The Morgan fingerprint density at radius 1 is 1.14 bits per heavy atom. The Morgan fingerprint density at radius 2 is 1.96 bits per heavy atom. The second-order valence-corrected chi connectivity index (χ2v) is 8.50. The van der Waals surface area contributed by atoms with Crippen molar-refractivity contribution < 1.29 is 9.53 Å². The number of methoxy groups -OCH3 is 1. The maximum Gasteiger partial charge on any atom is 0.337 e. The molecule has 1 heterocycles. The first kappa shape index (κ1) is 19.2. The fourth-order valence-corrected chi connectivity index (χ4v) is 5.65. The van der Waals surface area contributed by atoms with Crippen molar-refractivity contribution >= 4 is 5.97 Å². The first-order valence-corrected chi connectivity index (χ1v) is 10.6. The van der Waals surface area contributed by atoms with Gasteiger partial charge in [0, 0.05) is 18.0 Å². The Morgan fingerprint density at radius 3 is 2.75 bits per heavy atom. The Kier molecular flexibility index (Phi) is 5.54. The van der Waals surface area contributed by atoms with Gasteiger partial charge in [0.1, 0.15) is 0 Å². The van der Waals surface area contributed by atoms with Crippen molar-refractivity contribution in [3.8, 4) is 0 Å². The van der Waals surface area contributed by atoms with E-state index in [-0.39, 0.29) is 11.4 Å². The molecule has 0 aromatic heterocycles. The molecule has 28 heavy (non-hydrogen) atoms. The number of likely N-dealkylation sites (tertiary alicyclic amines) is 1. The minimum absolute atomic E-state index is 0.191. The third-order valence-corrected chi connectivity index (χ3v) is 7.27. The molecular formula is C25H31NO2. The fraction of sp³-hybridized carbons (Fsp3) is 0.480. The van der Waals surface area contributed by atoms with E-state index in [4.69, 9.17) is 4.74 Å². The van der Waals surface area contributed by atoms with Crippen LogP contribution in [0.3, 0.4) is 0 Å². The number of hydrogen-bond acceptors (Lipinski definition) is 3. The van der Waals surface area contributed by atoms with Gasteiger partial charge in [0.05, 0.1) is 12.7 Å². The summed E-state index contributed by atoms with van der Waals surface area (Å²) in [7, 11) is 1.46. The normalized spacial score (nSPS) is 27.4. The molecule has 2 bridgehead atoms. The summed E-state index contributed by atoms with van der Waals surface area (Å²) in [6.45, 7) is 4.71. The molecule has 2 fully saturated rings. The highest BCUT2D eigenvalue weighted by Crippen LogP contribution is 2.50. The number of rotatable bonds is 5. The molecule has 2 aromatic carbocycles. The zero-order valence-corrected chi connectivity index (χ0v) is 17.1. The topological polar surface area (TPSA) is 29.5 Å². The van der Waals surface area contributed by atoms with Gasteiger partial charge in [-0.3, -0.25) is 4.90 Å². The predicted octanol–water partition coefficient (Wildman–Crippen LogP) is 4.85. The summed E-state index contributed by atoms with van der Waals surface area (Å²) in [6, 6.07) is 19.7. The number of esters is 1. The van der Waals surface area contributed by atoms with Crippen molar-refractivity contribution in [2.45, 2.75) is 50.5 Å². The van der Waals surface area contributed by atoms with Gasteiger partial charge in [0.25, 0.3) is 0 Å². The van der Waals surface area contributed by atoms with E-state index in [2.05, 4.69) is 54.3 Å². The average molecular weight is 378 g/mol. The van der Waals surface area contributed by atoms with Crippen molar-refractivity contribution in [3.63, 3.8) is 0 Å². The summed E-state index contributed by atoms with van der Waals surface area (Å²) in [5.41, 5.74) is 3.62. The summed E-state index contributed by atoms with van der Waals surface area (Å²) in [4.78, 5) is 14.8. The Hall–Kier alpha value is -2.13. The van der Waals surface area contributed by atoms with E-state index < -0.39 is 0 Å². The van der Waals surface area contributed by atoms with Gasteiger partial charge in [-0.25, -0.2) is 4.79 Å². The monoisotopic (exact) mass is 377 g/mol. The first-order chi connectivity index (χ1) is 13.6. The molecule has 0 N–H and O–H groups in total. The van der Waals surface area contributed by atoms with Gasteiger partial charge in [-0.15, -0.1) is 0 Å². The second-order valence-electron chi connectivity index (χ2n) is 8.50. The van der Waals surface area contributed by atoms with Crippen LogP contribution in [-0.2, 0) is 16.6 Å². The molecule has 148 valence electrons. The summed E-state index contributed by atoms with van der Waals surface area (Å²) in [6.07, 6.45) is 6.06. The molecule has 3 unspecified atom stereocenters. The highest BCUT2D eigenvalue weighted by Gasteiger charge is 2.49. The molecule has 4 rings (SSSR count). The zero-order valence-electron chi connectivity index (χ0n) is 17.1. The lowest BCUT2D eigenvalue weighted by atomic mass is 9.57. The van der Waals surface area contributed by atoms with Crippen molar-refractivity contribution in [1.29, 1.82) is 0 Å². The number of ether oxygens (including phenoxy) is 1. The van der Waals surface area contributed by atoms with Gasteiger partial charge < -0.3 is 4.74 Å². The van der Waals surface area contributed by atoms with Gasteiger partial charge in [-0.05, 0) is 61.4 Å². The standard InChI is InChI=1S/C25H31NO2/c1-19-23-12-7-14-25(19,22-11-6-10-21(18-22)24(27)28-2)15-17-26(23)16-13-20-8-4-3-5-9-20/h3-6,8-11,18-19,23H,7,12-17H2,1-2H3. The maximum atomic E-state index is 12.0. The van der Waals surface area contributed by atoms with E-state index in [1.807, 2.05) is 12.1 Å². The molecule has 3 atom stereocenters. The molecule has 0 amide bonds. The smallest absolute Gasteiger partial charge is 0.337 e. The largest absolute Gasteiger partial charge is 0.465 e. The number of benzene rings is 2. The average Bonchev–Trinajstić information content (AvgIpc) is 2.74. The van der Waals surface area contributed by atoms with Crippen LogP contribution in [0.5, 0.6) is 0 Å². The summed E-state index contributed by atoms with van der Waals surface area (Å²) in [5.74, 6) is 0.359. The lowest BCUT2D eigenvalue weighted by Gasteiger charge is -2.56. The van der Waals surface area contributed by atoms with Gasteiger partial charge >= 0.3 is 5.97 Å². The Balaban J connectivity index is 1.54. The van der Waals surface area contributed by atoms with E-state index in [0.29, 0.717) is 17.5 Å². The molecule has 1 aliphatic heterocycles. The molecule has 0 radical (unpaired) electrons. The summed E-state index contributed by atoms with van der Waals surface area (Å²) in [5, 5.41) is 0. The van der Waals surface area contributed by atoms with Gasteiger partial charge in [0.2, 0.25) is 0 Å². The maximum absolute atomic E-state index is 12.0. The second kappa shape index (κ2) is 8.08. The minimum Gasteiger partial charge on any atom is -0.465 e. The number of nitrogens with zero attached hydrogens (tertiary/aromatic N) is 1. The molecule has 3 heteroatoms. The molecule has 1 saturated carbocycles. The highest BCUT2D eigenvalue weighted by atomic mass is 16.5. The van der Waals surface area contributed by atoms with Gasteiger partial charge in [0.15, 0.2) is 0 Å². The number of fused-ring (bicyclic) bond motifs is 2. The van der Waals surface area contributed by atoms with Crippen LogP contribution in [0.1, 0.15) is 54.1 Å². The molecular weight excluding hydrogens is 346 g/mol. The van der Waals surface area contributed by atoms with Crippen LogP contribution in [0.15, 0.2) is 54.6 Å². The van der Waals surface area contributed by atoms with Gasteiger partial charge in [-0.1, -0.05) is 55.8 Å². The fourth-order valence-electron chi connectivity index (χ4n) is 5.65. The zero-order chi connectivity index (χ0) is 19.6. The summed E-state index contributed by atoms with van der Waals surface area (Å²) >= 11 is 0. The minimum atomic E-state index is -0.237. The van der Waals surface area contributed by atoms with Gasteiger partial charge in [-0.2, -0.15) is 0 Å². The number of carbonyl (C=O) groups excluding carboxylic acids is 1. The highest BCUT2D eigenvalue weighted by molar-refractivity contribution is 5.89. The lowest BCUT2D eigenvalue weighted by Crippen LogP contribution is -2.58. The van der Waals surface area contributed by atoms with Crippen LogP contribution in [0, 0.1) is 5.92 Å². The van der Waals surface area contributed by atoms with Crippen LogP contribution in [0.4, 0.5) is 0 Å². The third kappa shape index (κ3) is 3.48. The number of carbonyl (C=O) groups is 1. The molecule has 1 aliphatic carbocycles. The van der Waals surface area contributed by atoms with Crippen molar-refractivity contribution in [2.75, 3.05) is 20.2 Å². The van der Waals surface area contributed by atoms with Crippen LogP contribution in [0.2, 0.25) is 0 Å². The van der Waals surface area contributed by atoms with E-state index in [1.54, 1.807) is 0 Å². The summed E-state index contributed by atoms with van der Waals surface area (Å²) < 4.78 is 4.95. The van der Waals surface area contributed by atoms with Crippen LogP contribution in [0.25, 0.3) is 0 Å². The number of hydrogen-bond donors (Lipinski definition) is 0. The Bertz CT molecular complexity index is 818. The molecule has 1 saturated heterocycles. The van der Waals surface area contributed by atoms with E-state index in [1.165, 1.54) is 43.9 Å². The first-order valence-electron chi connectivity index (χ1n) is 10.6. The van der Waals surface area contributed by atoms with Crippen molar-refractivity contribution in [1.82, 2.24) is 4.90 Å². The quantitative estimate of drug-likeness (QED) is 0.698. The van der Waals surface area contributed by atoms with E-state index in [9.17, 15) is 4.79 Å². The lowest BCUT2D eigenvalue weighted by molar-refractivity contribution is -0.00239. The van der Waals surface area contributed by atoms with Crippen molar-refractivity contribution in [2.24, 2.45) is 5.92 Å². The predicted molar refractivity (Wildman–Crippen MR) is 113 cm³/mol. The van der Waals surface area contributed by atoms with Crippen LogP contribution >= 0.6 is 0 Å². The molecule has 2 aliphatic rings. The molecule has 0 spiro atoms. The van der Waals surface area contributed by atoms with Crippen LogP contribution < -0.4 is 0 Å². The Labute approximate surface area is 168 Å². The van der Waals surface area contributed by atoms with Crippen molar-refractivity contribution in [3.05, 3.63) is 71.3 Å². The van der Waals surface area contributed by atoms with E-state index in [0.717, 1.165) is 19.5 Å². The third-order valence-electron chi connectivity index (χ3n) is 7.27. The molecule has 2 aromatic rings. The molecule has 3 nitrogen and oxygen atoms in total. The SMILES string of the molecule is COC(=O)c1cccc(C23CCCC(C2C)N(CCc2ccccc2)CC3)c1. The van der Waals surface area contributed by atoms with E-state index >= 15 is 0 Å². The van der Waals surface area contributed by atoms with Crippen LogP contribution in [-0.4, -0.2) is 37.1 Å².